The molecule has 1 aromatic carbocycles. The highest BCUT2D eigenvalue weighted by atomic mass is 79.9. The van der Waals surface area contributed by atoms with Gasteiger partial charge in [0.05, 0.1) is 6.61 Å². The predicted octanol–water partition coefficient (Wildman–Crippen LogP) is 3.22. The van der Waals surface area contributed by atoms with Gasteiger partial charge in [0.2, 0.25) is 0 Å². The van der Waals surface area contributed by atoms with Crippen molar-refractivity contribution < 1.29 is 9.47 Å². The number of hydrogen-bond acceptors (Lipinski definition) is 3. The van der Waals surface area contributed by atoms with E-state index in [9.17, 15) is 0 Å². The van der Waals surface area contributed by atoms with Gasteiger partial charge in [0.15, 0.2) is 0 Å². The SMILES string of the molecule is NCC1CCCC1COCCOc1ccc(Br)cc1. The molecule has 2 rings (SSSR count). The number of hydrogen-bond donors (Lipinski definition) is 1. The summed E-state index contributed by atoms with van der Waals surface area (Å²) in [5.41, 5.74) is 5.76. The van der Waals surface area contributed by atoms with Crippen LogP contribution in [0, 0.1) is 11.8 Å². The zero-order valence-electron chi connectivity index (χ0n) is 11.2. The van der Waals surface area contributed by atoms with Crippen LogP contribution in [-0.2, 0) is 4.74 Å². The molecule has 1 saturated carbocycles. The molecular weight excluding hydrogens is 306 g/mol. The molecule has 106 valence electrons. The van der Waals surface area contributed by atoms with Crippen LogP contribution >= 0.6 is 15.9 Å². The third kappa shape index (κ3) is 4.79. The largest absolute Gasteiger partial charge is 0.491 e. The molecule has 0 aromatic heterocycles. The molecule has 0 spiro atoms. The van der Waals surface area contributed by atoms with Crippen LogP contribution in [0.1, 0.15) is 19.3 Å². The van der Waals surface area contributed by atoms with Crippen LogP contribution < -0.4 is 10.5 Å². The van der Waals surface area contributed by atoms with Crippen molar-refractivity contribution in [3.63, 3.8) is 0 Å². The van der Waals surface area contributed by atoms with Gasteiger partial charge >= 0.3 is 0 Å². The summed E-state index contributed by atoms with van der Waals surface area (Å²) in [6.07, 6.45) is 3.82. The number of nitrogens with two attached hydrogens (primary N) is 1. The summed E-state index contributed by atoms with van der Waals surface area (Å²) in [6, 6.07) is 7.85. The second-order valence-electron chi connectivity index (χ2n) is 5.06. The van der Waals surface area contributed by atoms with Gasteiger partial charge in [0.25, 0.3) is 0 Å². The van der Waals surface area contributed by atoms with E-state index in [0.717, 1.165) is 23.4 Å². The van der Waals surface area contributed by atoms with Gasteiger partial charge in [-0.1, -0.05) is 22.4 Å². The first kappa shape index (κ1) is 14.8. The van der Waals surface area contributed by atoms with E-state index in [1.807, 2.05) is 24.3 Å². The summed E-state index contributed by atoms with van der Waals surface area (Å²) >= 11 is 3.40. The summed E-state index contributed by atoms with van der Waals surface area (Å²) in [7, 11) is 0. The zero-order valence-corrected chi connectivity index (χ0v) is 12.8. The topological polar surface area (TPSA) is 44.5 Å². The summed E-state index contributed by atoms with van der Waals surface area (Å²) in [4.78, 5) is 0. The zero-order chi connectivity index (χ0) is 13.5. The van der Waals surface area contributed by atoms with Crippen LogP contribution in [-0.4, -0.2) is 26.4 Å². The van der Waals surface area contributed by atoms with Crippen molar-refractivity contribution in [1.29, 1.82) is 0 Å². The number of rotatable bonds is 7. The van der Waals surface area contributed by atoms with E-state index < -0.39 is 0 Å². The minimum atomic E-state index is 0.599. The Morgan fingerprint density at radius 1 is 1.11 bits per heavy atom. The van der Waals surface area contributed by atoms with Crippen LogP contribution in [0.5, 0.6) is 5.75 Å². The van der Waals surface area contributed by atoms with E-state index in [2.05, 4.69) is 15.9 Å². The molecule has 1 fully saturated rings. The Bertz CT molecular complexity index is 369. The lowest BCUT2D eigenvalue weighted by atomic mass is 9.97. The van der Waals surface area contributed by atoms with Crippen LogP contribution in [0.4, 0.5) is 0 Å². The highest BCUT2D eigenvalue weighted by Crippen LogP contribution is 2.30. The van der Waals surface area contributed by atoms with Gasteiger partial charge in [0, 0.05) is 11.1 Å². The van der Waals surface area contributed by atoms with E-state index in [1.54, 1.807) is 0 Å². The Morgan fingerprint density at radius 3 is 2.58 bits per heavy atom. The third-order valence-electron chi connectivity index (χ3n) is 3.76. The molecule has 0 saturated heterocycles. The summed E-state index contributed by atoms with van der Waals surface area (Å²) in [5.74, 6) is 2.19. The van der Waals surface area contributed by atoms with Crippen LogP contribution in [0.3, 0.4) is 0 Å². The Kier molecular flexibility index (Phi) is 6.14. The highest BCUT2D eigenvalue weighted by molar-refractivity contribution is 9.10. The molecule has 4 heteroatoms. The van der Waals surface area contributed by atoms with E-state index in [0.29, 0.717) is 25.0 Å². The first-order chi connectivity index (χ1) is 9.29. The average molecular weight is 328 g/mol. The number of ether oxygens (including phenoxy) is 2. The van der Waals surface area contributed by atoms with Crippen molar-refractivity contribution in [2.24, 2.45) is 17.6 Å². The quantitative estimate of drug-likeness (QED) is 0.782. The van der Waals surface area contributed by atoms with Gasteiger partial charge in [0.1, 0.15) is 12.4 Å². The summed E-state index contributed by atoms with van der Waals surface area (Å²) in [5, 5.41) is 0. The van der Waals surface area contributed by atoms with Crippen molar-refractivity contribution in [3.8, 4) is 5.75 Å². The molecule has 0 bridgehead atoms. The van der Waals surface area contributed by atoms with Crippen molar-refractivity contribution in [2.45, 2.75) is 19.3 Å². The third-order valence-corrected chi connectivity index (χ3v) is 4.29. The molecule has 1 aromatic rings. The van der Waals surface area contributed by atoms with Crippen LogP contribution in [0.25, 0.3) is 0 Å². The lowest BCUT2D eigenvalue weighted by Gasteiger charge is -2.17. The molecular formula is C15H22BrNO2. The average Bonchev–Trinajstić information content (AvgIpc) is 2.88. The maximum atomic E-state index is 5.76. The summed E-state index contributed by atoms with van der Waals surface area (Å²) < 4.78 is 12.4. The molecule has 2 unspecified atom stereocenters. The Morgan fingerprint density at radius 2 is 1.84 bits per heavy atom. The second kappa shape index (κ2) is 7.88. The minimum Gasteiger partial charge on any atom is -0.491 e. The normalized spacial score (nSPS) is 22.6. The Labute approximate surface area is 123 Å². The van der Waals surface area contributed by atoms with Crippen LogP contribution in [0.2, 0.25) is 0 Å². The van der Waals surface area contributed by atoms with Gasteiger partial charge in [-0.2, -0.15) is 0 Å². The molecule has 19 heavy (non-hydrogen) atoms. The fourth-order valence-corrected chi connectivity index (χ4v) is 2.89. The van der Waals surface area contributed by atoms with E-state index in [-0.39, 0.29) is 0 Å². The van der Waals surface area contributed by atoms with Crippen molar-refractivity contribution in [2.75, 3.05) is 26.4 Å². The smallest absolute Gasteiger partial charge is 0.119 e. The van der Waals surface area contributed by atoms with Gasteiger partial charge in [-0.3, -0.25) is 0 Å². The first-order valence-electron chi connectivity index (χ1n) is 6.96. The fraction of sp³-hybridized carbons (Fsp3) is 0.600. The van der Waals surface area contributed by atoms with Gasteiger partial charge < -0.3 is 15.2 Å². The standard InChI is InChI=1S/C15H22BrNO2/c16-14-4-6-15(7-5-14)19-9-8-18-11-13-3-1-2-12(13)10-17/h4-7,12-13H,1-3,8-11,17H2. The summed E-state index contributed by atoms with van der Waals surface area (Å²) in [6.45, 7) is 2.86. The van der Waals surface area contributed by atoms with Gasteiger partial charge in [-0.05, 0) is 55.5 Å². The van der Waals surface area contributed by atoms with Crippen LogP contribution in [0.15, 0.2) is 28.7 Å². The lowest BCUT2D eigenvalue weighted by molar-refractivity contribution is 0.0646. The lowest BCUT2D eigenvalue weighted by Crippen LogP contribution is -2.23. The second-order valence-corrected chi connectivity index (χ2v) is 5.98. The minimum absolute atomic E-state index is 0.599. The molecule has 2 N–H and O–H groups in total. The molecule has 1 aliphatic rings. The Balaban J connectivity index is 1.58. The first-order valence-corrected chi connectivity index (χ1v) is 7.75. The molecule has 0 heterocycles. The number of benzene rings is 1. The van der Waals surface area contributed by atoms with Crippen molar-refractivity contribution in [3.05, 3.63) is 28.7 Å². The molecule has 1 aliphatic carbocycles. The van der Waals surface area contributed by atoms with E-state index in [1.165, 1.54) is 19.3 Å². The maximum absolute atomic E-state index is 5.76. The predicted molar refractivity (Wildman–Crippen MR) is 80.3 cm³/mol. The molecule has 3 nitrogen and oxygen atoms in total. The van der Waals surface area contributed by atoms with Crippen molar-refractivity contribution >= 4 is 15.9 Å². The Hall–Kier alpha value is -0.580. The maximum Gasteiger partial charge on any atom is 0.119 e. The molecule has 0 aliphatic heterocycles. The number of halogens is 1. The molecule has 0 amide bonds. The highest BCUT2D eigenvalue weighted by Gasteiger charge is 2.25. The monoisotopic (exact) mass is 327 g/mol. The molecule has 2 atom stereocenters. The van der Waals surface area contributed by atoms with E-state index >= 15 is 0 Å². The van der Waals surface area contributed by atoms with Gasteiger partial charge in [-0.15, -0.1) is 0 Å². The molecule has 0 radical (unpaired) electrons. The fourth-order valence-electron chi connectivity index (χ4n) is 2.63. The van der Waals surface area contributed by atoms with Gasteiger partial charge in [-0.25, -0.2) is 0 Å². The van der Waals surface area contributed by atoms with Crippen molar-refractivity contribution in [1.82, 2.24) is 0 Å². The van der Waals surface area contributed by atoms with E-state index in [4.69, 9.17) is 15.2 Å².